The minimum Gasteiger partial charge on any atom is -0.385 e. The van der Waals surface area contributed by atoms with Gasteiger partial charge in [-0.1, -0.05) is 0 Å². The summed E-state index contributed by atoms with van der Waals surface area (Å²) in [6.07, 6.45) is -8.58. The van der Waals surface area contributed by atoms with E-state index in [0.717, 1.165) is 0 Å². The third-order valence-corrected chi connectivity index (χ3v) is 2.02. The van der Waals surface area contributed by atoms with Gasteiger partial charge in [0.2, 0.25) is 0 Å². The molecular weight excluding hydrogens is 242 g/mol. The average Bonchev–Trinajstić information content (AvgIpc) is 2.25. The smallest absolute Gasteiger partial charge is 0.385 e. The van der Waals surface area contributed by atoms with Gasteiger partial charge in [0.25, 0.3) is 0 Å². The first-order valence-corrected chi connectivity index (χ1v) is 4.39. The number of nitriles is 1. The first-order valence-electron chi connectivity index (χ1n) is 4.39. The number of hydrogen-bond acceptors (Lipinski definition) is 3. The summed E-state index contributed by atoms with van der Waals surface area (Å²) in [6, 6.07) is 2.61. The summed E-state index contributed by atoms with van der Waals surface area (Å²) in [5, 5.41) is 26.5. The number of halogens is 4. The Morgan fingerprint density at radius 1 is 1.18 bits per heavy atom. The van der Waals surface area contributed by atoms with Gasteiger partial charge in [-0.25, -0.2) is 4.39 Å². The number of hydrogen-bond donors (Lipinski definition) is 2. The SMILES string of the molecule is N#CC(O)C(O)c1cc(F)cc(C(F)(F)F)c1. The van der Waals surface area contributed by atoms with Crippen molar-refractivity contribution in [3.8, 4) is 6.07 Å². The lowest BCUT2D eigenvalue weighted by Gasteiger charge is -2.14. The highest BCUT2D eigenvalue weighted by Crippen LogP contribution is 2.32. The fraction of sp³-hybridized carbons (Fsp3) is 0.300. The van der Waals surface area contributed by atoms with Gasteiger partial charge in [-0.15, -0.1) is 0 Å². The topological polar surface area (TPSA) is 64.2 Å². The van der Waals surface area contributed by atoms with E-state index >= 15 is 0 Å². The summed E-state index contributed by atoms with van der Waals surface area (Å²) in [5.74, 6) is -1.21. The Morgan fingerprint density at radius 2 is 1.76 bits per heavy atom. The van der Waals surface area contributed by atoms with Crippen molar-refractivity contribution in [2.24, 2.45) is 0 Å². The van der Waals surface area contributed by atoms with Gasteiger partial charge in [0.15, 0.2) is 6.10 Å². The van der Waals surface area contributed by atoms with E-state index in [4.69, 9.17) is 10.4 Å². The number of aliphatic hydroxyl groups is 2. The molecule has 0 aliphatic carbocycles. The van der Waals surface area contributed by atoms with Crippen molar-refractivity contribution in [1.82, 2.24) is 0 Å². The Labute approximate surface area is 93.5 Å². The van der Waals surface area contributed by atoms with E-state index in [-0.39, 0.29) is 6.07 Å². The van der Waals surface area contributed by atoms with Crippen LogP contribution in [0.15, 0.2) is 18.2 Å². The van der Waals surface area contributed by atoms with Gasteiger partial charge in [0.05, 0.1) is 11.6 Å². The van der Waals surface area contributed by atoms with Gasteiger partial charge < -0.3 is 10.2 Å². The zero-order chi connectivity index (χ0) is 13.2. The molecule has 0 aliphatic heterocycles. The van der Waals surface area contributed by atoms with Crippen molar-refractivity contribution in [3.05, 3.63) is 35.1 Å². The maximum atomic E-state index is 12.9. The first kappa shape index (κ1) is 13.4. The molecule has 0 bridgehead atoms. The largest absolute Gasteiger partial charge is 0.416 e. The van der Waals surface area contributed by atoms with Crippen LogP contribution in [0.1, 0.15) is 17.2 Å². The van der Waals surface area contributed by atoms with Crippen LogP contribution in [0.4, 0.5) is 17.6 Å². The molecule has 1 rings (SSSR count). The van der Waals surface area contributed by atoms with E-state index in [2.05, 4.69) is 0 Å². The first-order chi connectivity index (χ1) is 7.75. The Bertz CT molecular complexity index is 453. The van der Waals surface area contributed by atoms with E-state index < -0.39 is 35.3 Å². The fourth-order valence-electron chi connectivity index (χ4n) is 1.20. The summed E-state index contributed by atoms with van der Waals surface area (Å²) in [5.41, 5.74) is -1.80. The molecule has 0 aliphatic rings. The third kappa shape index (κ3) is 3.15. The van der Waals surface area contributed by atoms with Crippen LogP contribution in [0, 0.1) is 17.1 Å². The number of nitrogens with zero attached hydrogens (tertiary/aromatic N) is 1. The molecule has 0 amide bonds. The van der Waals surface area contributed by atoms with Crippen LogP contribution in [-0.2, 0) is 6.18 Å². The molecule has 1 aromatic rings. The van der Waals surface area contributed by atoms with Crippen molar-refractivity contribution in [3.63, 3.8) is 0 Å². The van der Waals surface area contributed by atoms with E-state index in [1.165, 1.54) is 6.07 Å². The summed E-state index contributed by atoms with van der Waals surface area (Å²) < 4.78 is 49.9. The molecular formula is C10H7F4NO2. The quantitative estimate of drug-likeness (QED) is 0.620. The van der Waals surface area contributed by atoms with Crippen LogP contribution in [-0.4, -0.2) is 16.3 Å². The fourth-order valence-corrected chi connectivity index (χ4v) is 1.20. The Balaban J connectivity index is 3.19. The van der Waals surface area contributed by atoms with Crippen LogP contribution in [0.2, 0.25) is 0 Å². The number of rotatable bonds is 2. The standard InChI is InChI=1S/C10H7F4NO2/c11-7-2-5(9(17)8(16)4-15)1-6(3-7)10(12,13)14/h1-3,8-9,16-17H. The third-order valence-electron chi connectivity index (χ3n) is 2.02. The van der Waals surface area contributed by atoms with Gasteiger partial charge in [-0.2, -0.15) is 18.4 Å². The summed E-state index contributed by atoms with van der Waals surface area (Å²) in [7, 11) is 0. The van der Waals surface area contributed by atoms with Crippen molar-refractivity contribution < 1.29 is 27.8 Å². The minimum absolute atomic E-state index is 0.259. The lowest BCUT2D eigenvalue weighted by atomic mass is 10.0. The second-order valence-electron chi connectivity index (χ2n) is 3.29. The molecule has 0 heterocycles. The number of benzene rings is 1. The molecule has 17 heavy (non-hydrogen) atoms. The molecule has 3 nitrogen and oxygen atoms in total. The summed E-state index contributed by atoms with van der Waals surface area (Å²) in [4.78, 5) is 0. The van der Waals surface area contributed by atoms with E-state index in [1.54, 1.807) is 0 Å². The van der Waals surface area contributed by atoms with Crippen LogP contribution in [0.3, 0.4) is 0 Å². The maximum Gasteiger partial charge on any atom is 0.416 e. The summed E-state index contributed by atoms with van der Waals surface area (Å²) >= 11 is 0. The van der Waals surface area contributed by atoms with Crippen LogP contribution < -0.4 is 0 Å². The molecule has 2 N–H and O–H groups in total. The Kier molecular flexibility index (Phi) is 3.70. The van der Waals surface area contributed by atoms with E-state index in [0.29, 0.717) is 12.1 Å². The highest BCUT2D eigenvalue weighted by Gasteiger charge is 2.32. The zero-order valence-electron chi connectivity index (χ0n) is 8.24. The predicted octanol–water partition coefficient (Wildman–Crippen LogP) is 1.76. The second kappa shape index (κ2) is 4.69. The molecule has 0 radical (unpaired) electrons. The van der Waals surface area contributed by atoms with Crippen molar-refractivity contribution in [2.75, 3.05) is 0 Å². The Morgan fingerprint density at radius 3 is 2.24 bits per heavy atom. The van der Waals surface area contributed by atoms with E-state index in [1.807, 2.05) is 0 Å². The van der Waals surface area contributed by atoms with Crippen LogP contribution >= 0.6 is 0 Å². The predicted molar refractivity (Wildman–Crippen MR) is 48.0 cm³/mol. The molecule has 92 valence electrons. The minimum atomic E-state index is -4.77. The molecule has 0 spiro atoms. The van der Waals surface area contributed by atoms with Gasteiger partial charge >= 0.3 is 6.18 Å². The van der Waals surface area contributed by atoms with Gasteiger partial charge in [0.1, 0.15) is 11.9 Å². The molecule has 1 aromatic carbocycles. The van der Waals surface area contributed by atoms with Gasteiger partial charge in [-0.05, 0) is 23.8 Å². The molecule has 0 aromatic heterocycles. The lowest BCUT2D eigenvalue weighted by Crippen LogP contribution is -2.17. The molecule has 7 heteroatoms. The van der Waals surface area contributed by atoms with Gasteiger partial charge in [-0.3, -0.25) is 0 Å². The second-order valence-corrected chi connectivity index (χ2v) is 3.29. The number of alkyl halides is 3. The maximum absolute atomic E-state index is 12.9. The van der Waals surface area contributed by atoms with Gasteiger partial charge in [0, 0.05) is 0 Å². The highest BCUT2D eigenvalue weighted by atomic mass is 19.4. The zero-order valence-corrected chi connectivity index (χ0v) is 8.24. The van der Waals surface area contributed by atoms with Crippen molar-refractivity contribution >= 4 is 0 Å². The monoisotopic (exact) mass is 249 g/mol. The number of aliphatic hydroxyl groups excluding tert-OH is 2. The van der Waals surface area contributed by atoms with Crippen molar-refractivity contribution in [1.29, 1.82) is 5.26 Å². The van der Waals surface area contributed by atoms with Crippen LogP contribution in [0.25, 0.3) is 0 Å². The molecule has 0 fully saturated rings. The molecule has 2 atom stereocenters. The Hall–Kier alpha value is -1.65. The molecule has 0 saturated carbocycles. The lowest BCUT2D eigenvalue weighted by molar-refractivity contribution is -0.137. The normalized spacial score (nSPS) is 15.1. The highest BCUT2D eigenvalue weighted by molar-refractivity contribution is 5.29. The summed E-state index contributed by atoms with van der Waals surface area (Å²) in [6.45, 7) is 0. The molecule has 2 unspecified atom stereocenters. The van der Waals surface area contributed by atoms with Crippen molar-refractivity contribution in [2.45, 2.75) is 18.4 Å². The van der Waals surface area contributed by atoms with E-state index in [9.17, 15) is 22.7 Å². The van der Waals surface area contributed by atoms with Crippen LogP contribution in [0.5, 0.6) is 0 Å². The average molecular weight is 249 g/mol. The molecule has 0 saturated heterocycles.